The molecule has 2 aliphatic rings. The number of anilines is 1. The minimum Gasteiger partial charge on any atom is -0.339 e. The molecule has 1 aromatic carbocycles. The van der Waals surface area contributed by atoms with E-state index in [4.69, 9.17) is 4.98 Å². The topological polar surface area (TPSA) is 70.5 Å². The molecular weight excluding hydrogens is 446 g/mol. The number of thioether (sulfide) groups is 1. The SMILES string of the molecule is Cc1cccc(C)c1NC(=O)CN1CCN(C(=O)CSc2nc(C)c(C)n2C2CCCC2)CC1. The molecule has 1 aliphatic carbocycles. The Balaban J connectivity index is 1.25. The third-order valence-corrected chi connectivity index (χ3v) is 8.14. The summed E-state index contributed by atoms with van der Waals surface area (Å²) in [6.45, 7) is 11.3. The molecule has 1 N–H and O–H groups in total. The second-order valence-electron chi connectivity index (χ2n) is 9.63. The number of imidazole rings is 1. The first kappa shape index (κ1) is 24.8. The van der Waals surface area contributed by atoms with Gasteiger partial charge < -0.3 is 14.8 Å². The van der Waals surface area contributed by atoms with Crippen LogP contribution in [-0.2, 0) is 9.59 Å². The van der Waals surface area contributed by atoms with Gasteiger partial charge in [0, 0.05) is 43.6 Å². The predicted octanol–water partition coefficient (Wildman–Crippen LogP) is 4.11. The van der Waals surface area contributed by atoms with E-state index in [1.165, 1.54) is 31.4 Å². The van der Waals surface area contributed by atoms with Crippen LogP contribution in [0.4, 0.5) is 5.69 Å². The molecule has 1 aliphatic heterocycles. The first-order chi connectivity index (χ1) is 16.3. The number of piperazine rings is 1. The molecule has 2 heterocycles. The summed E-state index contributed by atoms with van der Waals surface area (Å²) in [7, 11) is 0. The molecule has 0 atom stereocenters. The van der Waals surface area contributed by atoms with Gasteiger partial charge in [0.1, 0.15) is 0 Å². The quantitative estimate of drug-likeness (QED) is 0.600. The van der Waals surface area contributed by atoms with Crippen molar-refractivity contribution in [1.29, 1.82) is 0 Å². The van der Waals surface area contributed by atoms with Crippen LogP contribution in [0.1, 0.15) is 54.2 Å². The van der Waals surface area contributed by atoms with Crippen LogP contribution in [0.15, 0.2) is 23.4 Å². The van der Waals surface area contributed by atoms with Gasteiger partial charge in [0.25, 0.3) is 0 Å². The van der Waals surface area contributed by atoms with Crippen molar-refractivity contribution in [3.63, 3.8) is 0 Å². The van der Waals surface area contributed by atoms with Crippen molar-refractivity contribution >= 4 is 29.3 Å². The van der Waals surface area contributed by atoms with E-state index in [9.17, 15) is 9.59 Å². The third-order valence-electron chi connectivity index (χ3n) is 7.21. The highest BCUT2D eigenvalue weighted by Crippen LogP contribution is 2.35. The fourth-order valence-electron chi connectivity index (χ4n) is 5.06. The number of aryl methyl sites for hydroxylation is 3. The van der Waals surface area contributed by atoms with Crippen LogP contribution in [0.3, 0.4) is 0 Å². The molecule has 184 valence electrons. The van der Waals surface area contributed by atoms with Crippen LogP contribution in [0.5, 0.6) is 0 Å². The summed E-state index contributed by atoms with van der Waals surface area (Å²) in [5, 5.41) is 4.04. The molecule has 1 aromatic heterocycles. The maximum atomic E-state index is 12.9. The Morgan fingerprint density at radius 2 is 1.68 bits per heavy atom. The zero-order valence-electron chi connectivity index (χ0n) is 20.9. The summed E-state index contributed by atoms with van der Waals surface area (Å²) in [6.07, 6.45) is 4.96. The average Bonchev–Trinajstić information content (AvgIpc) is 3.43. The number of rotatable bonds is 7. The van der Waals surface area contributed by atoms with Gasteiger partial charge >= 0.3 is 0 Å². The number of hydrogen-bond acceptors (Lipinski definition) is 5. The van der Waals surface area contributed by atoms with Gasteiger partial charge in [-0.1, -0.05) is 42.8 Å². The molecule has 7 nitrogen and oxygen atoms in total. The molecule has 8 heteroatoms. The number of nitrogens with zero attached hydrogens (tertiary/aromatic N) is 4. The first-order valence-electron chi connectivity index (χ1n) is 12.4. The Labute approximate surface area is 207 Å². The molecular formula is C26H37N5O2S. The molecule has 0 unspecified atom stereocenters. The summed E-state index contributed by atoms with van der Waals surface area (Å²) >= 11 is 1.57. The van der Waals surface area contributed by atoms with Crippen LogP contribution < -0.4 is 5.32 Å². The van der Waals surface area contributed by atoms with Crippen LogP contribution >= 0.6 is 11.8 Å². The molecule has 2 fully saturated rings. The van der Waals surface area contributed by atoms with Gasteiger partial charge in [-0.15, -0.1) is 0 Å². The molecule has 4 rings (SSSR count). The number of benzene rings is 1. The van der Waals surface area contributed by atoms with Gasteiger partial charge in [0.2, 0.25) is 11.8 Å². The second-order valence-corrected chi connectivity index (χ2v) is 10.6. The van der Waals surface area contributed by atoms with Crippen LogP contribution in [-0.4, -0.2) is 69.6 Å². The number of carbonyl (C=O) groups is 2. The molecule has 0 radical (unpaired) electrons. The van der Waals surface area contributed by atoms with Gasteiger partial charge in [0.15, 0.2) is 5.16 Å². The van der Waals surface area contributed by atoms with E-state index in [1.54, 1.807) is 11.8 Å². The standard InChI is InChI=1S/C26H37N5O2S/c1-18-8-7-9-19(2)25(18)28-23(32)16-29-12-14-30(15-13-29)24(33)17-34-26-27-20(3)21(4)31(26)22-10-5-6-11-22/h7-9,22H,5-6,10-17H2,1-4H3,(H,28,32). The van der Waals surface area contributed by atoms with E-state index in [-0.39, 0.29) is 11.8 Å². The van der Waals surface area contributed by atoms with E-state index in [1.807, 2.05) is 36.9 Å². The lowest BCUT2D eigenvalue weighted by Crippen LogP contribution is -2.51. The van der Waals surface area contributed by atoms with Crippen molar-refractivity contribution in [1.82, 2.24) is 19.4 Å². The van der Waals surface area contributed by atoms with Crippen molar-refractivity contribution in [2.24, 2.45) is 0 Å². The van der Waals surface area contributed by atoms with Crippen molar-refractivity contribution in [2.75, 3.05) is 43.8 Å². The van der Waals surface area contributed by atoms with E-state index < -0.39 is 0 Å². The average molecular weight is 484 g/mol. The number of nitrogens with one attached hydrogen (secondary N) is 1. The lowest BCUT2D eigenvalue weighted by Gasteiger charge is -2.34. The highest BCUT2D eigenvalue weighted by atomic mass is 32.2. The molecule has 0 bridgehead atoms. The fraction of sp³-hybridized carbons (Fsp3) is 0.577. The summed E-state index contributed by atoms with van der Waals surface area (Å²) in [4.78, 5) is 34.3. The number of amides is 2. The normalized spacial score (nSPS) is 17.4. The van der Waals surface area contributed by atoms with Gasteiger partial charge in [0.05, 0.1) is 18.0 Å². The lowest BCUT2D eigenvalue weighted by atomic mass is 10.1. The molecule has 0 spiro atoms. The monoisotopic (exact) mass is 483 g/mol. The maximum Gasteiger partial charge on any atom is 0.238 e. The molecule has 2 aromatic rings. The number of carbonyl (C=O) groups excluding carboxylic acids is 2. The summed E-state index contributed by atoms with van der Waals surface area (Å²) in [5.74, 6) is 0.563. The zero-order valence-corrected chi connectivity index (χ0v) is 21.7. The number of hydrogen-bond donors (Lipinski definition) is 1. The maximum absolute atomic E-state index is 12.9. The largest absolute Gasteiger partial charge is 0.339 e. The van der Waals surface area contributed by atoms with Crippen molar-refractivity contribution in [2.45, 2.75) is 64.6 Å². The van der Waals surface area contributed by atoms with E-state index >= 15 is 0 Å². The van der Waals surface area contributed by atoms with Crippen molar-refractivity contribution < 1.29 is 9.59 Å². The number of aromatic nitrogens is 2. The third kappa shape index (κ3) is 5.66. The Kier molecular flexibility index (Phi) is 7.99. The minimum absolute atomic E-state index is 0.00257. The highest BCUT2D eigenvalue weighted by molar-refractivity contribution is 7.99. The van der Waals surface area contributed by atoms with Crippen molar-refractivity contribution in [3.8, 4) is 0 Å². The van der Waals surface area contributed by atoms with E-state index in [2.05, 4.69) is 28.6 Å². The van der Waals surface area contributed by atoms with Gasteiger partial charge in [-0.2, -0.15) is 0 Å². The summed E-state index contributed by atoms with van der Waals surface area (Å²) < 4.78 is 2.37. The number of para-hydroxylation sites is 1. The molecule has 2 amide bonds. The van der Waals surface area contributed by atoms with Gasteiger partial charge in [-0.3, -0.25) is 14.5 Å². The van der Waals surface area contributed by atoms with E-state index in [0.717, 1.165) is 27.7 Å². The van der Waals surface area contributed by atoms with Gasteiger partial charge in [-0.25, -0.2) is 4.98 Å². The van der Waals surface area contributed by atoms with Crippen LogP contribution in [0.2, 0.25) is 0 Å². The fourth-order valence-corrected chi connectivity index (χ4v) is 6.12. The van der Waals surface area contributed by atoms with Crippen LogP contribution in [0.25, 0.3) is 0 Å². The minimum atomic E-state index is -0.00257. The van der Waals surface area contributed by atoms with Gasteiger partial charge in [-0.05, 0) is 51.7 Å². The smallest absolute Gasteiger partial charge is 0.238 e. The van der Waals surface area contributed by atoms with E-state index in [0.29, 0.717) is 44.5 Å². The Morgan fingerprint density at radius 3 is 2.32 bits per heavy atom. The molecule has 1 saturated heterocycles. The first-order valence-corrected chi connectivity index (χ1v) is 13.4. The predicted molar refractivity (Wildman–Crippen MR) is 137 cm³/mol. The second kappa shape index (κ2) is 11.0. The zero-order chi connectivity index (χ0) is 24.2. The molecule has 1 saturated carbocycles. The summed E-state index contributed by atoms with van der Waals surface area (Å²) in [5.41, 5.74) is 5.34. The highest BCUT2D eigenvalue weighted by Gasteiger charge is 2.26. The molecule has 34 heavy (non-hydrogen) atoms. The lowest BCUT2D eigenvalue weighted by molar-refractivity contribution is -0.130. The van der Waals surface area contributed by atoms with Crippen molar-refractivity contribution in [3.05, 3.63) is 40.7 Å². The van der Waals surface area contributed by atoms with Crippen LogP contribution in [0, 0.1) is 27.7 Å². The summed E-state index contributed by atoms with van der Waals surface area (Å²) in [6, 6.07) is 6.54. The Hall–Kier alpha value is -2.32. The Morgan fingerprint density at radius 1 is 1.03 bits per heavy atom. The Bertz CT molecular complexity index is 1020.